The van der Waals surface area contributed by atoms with Gasteiger partial charge in [0.1, 0.15) is 6.10 Å². The van der Waals surface area contributed by atoms with Crippen molar-refractivity contribution in [2.45, 2.75) is 38.8 Å². The van der Waals surface area contributed by atoms with Crippen molar-refractivity contribution >= 4 is 28.9 Å². The van der Waals surface area contributed by atoms with E-state index in [0.717, 1.165) is 49.6 Å². The van der Waals surface area contributed by atoms with E-state index in [-0.39, 0.29) is 12.0 Å². The molecule has 3 N–H and O–H groups in total. The lowest BCUT2D eigenvalue weighted by atomic mass is 10.2. The Morgan fingerprint density at radius 2 is 2.21 bits per heavy atom. The second-order valence-electron chi connectivity index (χ2n) is 6.64. The van der Waals surface area contributed by atoms with Gasteiger partial charge >= 0.3 is 0 Å². The molecule has 0 aliphatic carbocycles. The number of carbonyl (C=O) groups excluding carboxylic acids is 1. The summed E-state index contributed by atoms with van der Waals surface area (Å²) in [4.78, 5) is 18.2. The van der Waals surface area contributed by atoms with E-state index < -0.39 is 0 Å². The standard InChI is InChI=1S/C21H28N4O2S/c1-2-22-21(23-11-10-18-8-5-13-28-18)24-15-16-6-3-7-17(14-16)25-20(26)19-9-4-12-27-19/h3,5-8,13-14,19H,2,4,9-12,15H2,1H3,(H,25,26)(H2,22,23,24). The first-order chi connectivity index (χ1) is 13.7. The number of ether oxygens (including phenoxy) is 1. The molecule has 0 bridgehead atoms. The number of anilines is 1. The third kappa shape index (κ3) is 6.35. The van der Waals surface area contributed by atoms with Gasteiger partial charge in [-0.3, -0.25) is 4.79 Å². The fourth-order valence-electron chi connectivity index (χ4n) is 3.03. The van der Waals surface area contributed by atoms with Gasteiger partial charge in [-0.2, -0.15) is 0 Å². The normalized spacial score (nSPS) is 16.8. The topological polar surface area (TPSA) is 74.8 Å². The van der Waals surface area contributed by atoms with Crippen LogP contribution in [0.25, 0.3) is 0 Å². The molecule has 7 heteroatoms. The first-order valence-electron chi connectivity index (χ1n) is 9.80. The number of aliphatic imine (C=N–C) groups is 1. The van der Waals surface area contributed by atoms with Crippen molar-refractivity contribution in [2.75, 3.05) is 25.0 Å². The zero-order valence-corrected chi connectivity index (χ0v) is 17.1. The third-order valence-electron chi connectivity index (χ3n) is 4.42. The highest BCUT2D eigenvalue weighted by Gasteiger charge is 2.23. The molecule has 1 aliphatic heterocycles. The maximum atomic E-state index is 12.2. The fourth-order valence-corrected chi connectivity index (χ4v) is 3.73. The van der Waals surface area contributed by atoms with Crippen LogP contribution in [0.2, 0.25) is 0 Å². The van der Waals surface area contributed by atoms with Crippen molar-refractivity contribution in [3.05, 3.63) is 52.2 Å². The second kappa shape index (κ2) is 10.8. The Kier molecular flexibility index (Phi) is 7.87. The van der Waals surface area contributed by atoms with E-state index in [1.165, 1.54) is 4.88 Å². The minimum atomic E-state index is -0.324. The first kappa shape index (κ1) is 20.4. The molecule has 6 nitrogen and oxygen atoms in total. The molecule has 3 rings (SSSR count). The lowest BCUT2D eigenvalue weighted by Crippen LogP contribution is -2.38. The van der Waals surface area contributed by atoms with Crippen LogP contribution in [0, 0.1) is 0 Å². The van der Waals surface area contributed by atoms with Gasteiger partial charge in [-0.1, -0.05) is 18.2 Å². The monoisotopic (exact) mass is 400 g/mol. The lowest BCUT2D eigenvalue weighted by Gasteiger charge is -2.12. The van der Waals surface area contributed by atoms with Crippen molar-refractivity contribution in [1.82, 2.24) is 10.6 Å². The van der Waals surface area contributed by atoms with Crippen LogP contribution in [0.3, 0.4) is 0 Å². The van der Waals surface area contributed by atoms with Gasteiger partial charge in [-0.05, 0) is 55.3 Å². The molecule has 1 aromatic carbocycles. The summed E-state index contributed by atoms with van der Waals surface area (Å²) in [6.07, 6.45) is 2.39. The molecule has 1 aliphatic rings. The Morgan fingerprint density at radius 1 is 1.29 bits per heavy atom. The Labute approximate surface area is 170 Å². The number of carbonyl (C=O) groups is 1. The highest BCUT2D eigenvalue weighted by atomic mass is 32.1. The quantitative estimate of drug-likeness (QED) is 0.470. The molecule has 1 unspecified atom stereocenters. The molecule has 1 atom stereocenters. The summed E-state index contributed by atoms with van der Waals surface area (Å²) in [6, 6.07) is 12.0. The summed E-state index contributed by atoms with van der Waals surface area (Å²) in [7, 11) is 0. The average molecular weight is 401 g/mol. The Morgan fingerprint density at radius 3 is 2.96 bits per heavy atom. The number of amides is 1. The van der Waals surface area contributed by atoms with Crippen LogP contribution >= 0.6 is 11.3 Å². The highest BCUT2D eigenvalue weighted by molar-refractivity contribution is 7.09. The largest absolute Gasteiger partial charge is 0.368 e. The minimum Gasteiger partial charge on any atom is -0.368 e. The van der Waals surface area contributed by atoms with Gasteiger partial charge in [0, 0.05) is 30.3 Å². The molecule has 1 amide bonds. The number of nitrogens with zero attached hydrogens (tertiary/aromatic N) is 1. The van der Waals surface area contributed by atoms with E-state index in [4.69, 9.17) is 4.74 Å². The lowest BCUT2D eigenvalue weighted by molar-refractivity contribution is -0.124. The molecule has 0 radical (unpaired) electrons. The predicted octanol–water partition coefficient (Wildman–Crippen LogP) is 3.16. The third-order valence-corrected chi connectivity index (χ3v) is 5.36. The van der Waals surface area contributed by atoms with Crippen LogP contribution in [0.5, 0.6) is 0 Å². The zero-order valence-electron chi connectivity index (χ0n) is 16.2. The summed E-state index contributed by atoms with van der Waals surface area (Å²) in [5.41, 5.74) is 1.82. The predicted molar refractivity (Wildman–Crippen MR) is 115 cm³/mol. The number of hydrogen-bond donors (Lipinski definition) is 3. The van der Waals surface area contributed by atoms with Crippen LogP contribution in [0.4, 0.5) is 5.69 Å². The van der Waals surface area contributed by atoms with Crippen molar-refractivity contribution in [2.24, 2.45) is 4.99 Å². The summed E-state index contributed by atoms with van der Waals surface area (Å²) in [5, 5.41) is 11.7. The van der Waals surface area contributed by atoms with Gasteiger partial charge in [0.2, 0.25) is 0 Å². The van der Waals surface area contributed by atoms with E-state index in [2.05, 4.69) is 45.4 Å². The fraction of sp³-hybridized carbons (Fsp3) is 0.429. The molecule has 2 heterocycles. The summed E-state index contributed by atoms with van der Waals surface area (Å²) < 4.78 is 5.44. The number of guanidine groups is 1. The average Bonchev–Trinajstić information content (AvgIpc) is 3.40. The van der Waals surface area contributed by atoms with Gasteiger partial charge in [-0.25, -0.2) is 4.99 Å². The number of nitrogens with one attached hydrogen (secondary N) is 3. The van der Waals surface area contributed by atoms with Crippen LogP contribution in [0.1, 0.15) is 30.2 Å². The molecule has 0 spiro atoms. The molecule has 1 aromatic heterocycles. The Hall–Kier alpha value is -2.38. The molecule has 150 valence electrons. The number of rotatable bonds is 8. The van der Waals surface area contributed by atoms with Gasteiger partial charge in [0.25, 0.3) is 5.91 Å². The van der Waals surface area contributed by atoms with Crippen molar-refractivity contribution in [3.8, 4) is 0 Å². The Balaban J connectivity index is 1.53. The first-order valence-corrected chi connectivity index (χ1v) is 10.7. The number of hydrogen-bond acceptors (Lipinski definition) is 4. The molecule has 2 aromatic rings. The van der Waals surface area contributed by atoms with Crippen LogP contribution in [-0.4, -0.2) is 37.7 Å². The maximum absolute atomic E-state index is 12.2. The highest BCUT2D eigenvalue weighted by Crippen LogP contribution is 2.16. The van der Waals surface area contributed by atoms with Gasteiger partial charge in [0.15, 0.2) is 5.96 Å². The zero-order chi connectivity index (χ0) is 19.6. The number of thiophene rings is 1. The number of benzene rings is 1. The molecule has 1 fully saturated rings. The van der Waals surface area contributed by atoms with Crippen molar-refractivity contribution < 1.29 is 9.53 Å². The van der Waals surface area contributed by atoms with Crippen molar-refractivity contribution in [1.29, 1.82) is 0 Å². The molecular formula is C21H28N4O2S. The summed E-state index contributed by atoms with van der Waals surface area (Å²) >= 11 is 1.77. The molecule has 0 saturated carbocycles. The summed E-state index contributed by atoms with van der Waals surface area (Å²) in [5.74, 6) is 0.731. The molecule has 1 saturated heterocycles. The second-order valence-corrected chi connectivity index (χ2v) is 7.67. The van der Waals surface area contributed by atoms with Gasteiger partial charge < -0.3 is 20.7 Å². The van der Waals surface area contributed by atoms with Gasteiger partial charge in [-0.15, -0.1) is 11.3 Å². The molecular weight excluding hydrogens is 372 g/mol. The minimum absolute atomic E-state index is 0.0678. The van der Waals surface area contributed by atoms with Crippen LogP contribution in [0.15, 0.2) is 46.8 Å². The molecule has 28 heavy (non-hydrogen) atoms. The Bertz CT molecular complexity index is 770. The smallest absolute Gasteiger partial charge is 0.253 e. The van der Waals surface area contributed by atoms with E-state index in [9.17, 15) is 4.79 Å². The van der Waals surface area contributed by atoms with Gasteiger partial charge in [0.05, 0.1) is 6.54 Å². The van der Waals surface area contributed by atoms with E-state index in [1.807, 2.05) is 24.3 Å². The van der Waals surface area contributed by atoms with Crippen molar-refractivity contribution in [3.63, 3.8) is 0 Å². The van der Waals surface area contributed by atoms with E-state index in [1.54, 1.807) is 11.3 Å². The van der Waals surface area contributed by atoms with E-state index in [0.29, 0.717) is 13.2 Å². The summed E-state index contributed by atoms with van der Waals surface area (Å²) in [6.45, 7) is 4.90. The van der Waals surface area contributed by atoms with Crippen LogP contribution < -0.4 is 16.0 Å². The SMILES string of the molecule is CCNC(=NCc1cccc(NC(=O)C2CCCO2)c1)NCCc1cccs1. The maximum Gasteiger partial charge on any atom is 0.253 e. The van der Waals surface area contributed by atoms with E-state index >= 15 is 0 Å². The van der Waals surface area contributed by atoms with Crippen LogP contribution in [-0.2, 0) is 22.5 Å².